The molecule has 15 nitrogen and oxygen atoms in total. The van der Waals surface area contributed by atoms with Crippen molar-refractivity contribution in [1.82, 2.24) is 24.6 Å². The average Bonchev–Trinajstić information content (AvgIpc) is 4.04. The molecule has 3 N–H and O–H groups in total. The van der Waals surface area contributed by atoms with Crippen LogP contribution in [-0.2, 0) is 20.8 Å². The van der Waals surface area contributed by atoms with Crippen molar-refractivity contribution in [3.8, 4) is 11.5 Å². The molecule has 5 heterocycles. The Morgan fingerprint density at radius 2 is 1.71 bits per heavy atom. The number of sulfonamides is 1. The Labute approximate surface area is 388 Å². The summed E-state index contributed by atoms with van der Waals surface area (Å²) in [5.41, 5.74) is 4.28. The van der Waals surface area contributed by atoms with E-state index >= 15 is 0 Å². The van der Waals surface area contributed by atoms with E-state index in [0.29, 0.717) is 41.6 Å². The summed E-state index contributed by atoms with van der Waals surface area (Å²) in [5.74, 6) is 1.89. The van der Waals surface area contributed by atoms with E-state index in [1.165, 1.54) is 30.2 Å². The van der Waals surface area contributed by atoms with Crippen molar-refractivity contribution in [2.45, 2.75) is 101 Å². The lowest BCUT2D eigenvalue weighted by molar-refractivity contribution is -0.384. The van der Waals surface area contributed by atoms with Gasteiger partial charge in [-0.25, -0.2) is 23.1 Å². The number of amides is 1. The zero-order valence-electron chi connectivity index (χ0n) is 37.5. The topological polar surface area (TPSA) is 193 Å². The number of H-pyrrole nitrogens is 1. The molecule has 5 aliphatic rings. The van der Waals surface area contributed by atoms with Gasteiger partial charge in [0.2, 0.25) is 5.82 Å². The largest absolute Gasteiger partial charge is 0.455 e. The second kappa shape index (κ2) is 17.7. The monoisotopic (exact) mass is 934 g/mol. The van der Waals surface area contributed by atoms with Crippen molar-refractivity contribution in [1.29, 1.82) is 0 Å². The van der Waals surface area contributed by atoms with Gasteiger partial charge in [0.25, 0.3) is 15.9 Å². The number of ether oxygens (including phenoxy) is 1. The zero-order valence-corrected chi connectivity index (χ0v) is 39.2. The van der Waals surface area contributed by atoms with Gasteiger partial charge in [-0.05, 0) is 122 Å². The van der Waals surface area contributed by atoms with Crippen LogP contribution in [0, 0.1) is 26.9 Å². The van der Waals surface area contributed by atoms with E-state index in [0.717, 1.165) is 100 Å². The quantitative estimate of drug-likeness (QED) is 0.0752. The Morgan fingerprint density at radius 3 is 2.45 bits per heavy atom. The highest BCUT2D eigenvalue weighted by Crippen LogP contribution is 2.54. The van der Waals surface area contributed by atoms with Crippen LogP contribution in [0.3, 0.4) is 0 Å². The van der Waals surface area contributed by atoms with E-state index in [1.54, 1.807) is 30.5 Å². The fourth-order valence-corrected chi connectivity index (χ4v) is 13.1. The number of anilines is 2. The number of carbonyl (C=O) groups excluding carboxylic acids is 1. The molecule has 66 heavy (non-hydrogen) atoms. The number of aromatic amines is 1. The van der Waals surface area contributed by atoms with Crippen molar-refractivity contribution < 1.29 is 27.1 Å². The molecule has 1 unspecified atom stereocenters. The first-order chi connectivity index (χ1) is 31.7. The molecule has 0 radical (unpaired) electrons. The van der Waals surface area contributed by atoms with E-state index in [4.69, 9.17) is 4.74 Å². The van der Waals surface area contributed by atoms with Gasteiger partial charge in [0.15, 0.2) is 0 Å². The number of nitrogens with zero attached hydrogens (tertiary/aromatic N) is 5. The zero-order chi connectivity index (χ0) is 45.8. The third-order valence-corrected chi connectivity index (χ3v) is 17.7. The number of nitro groups is 1. The van der Waals surface area contributed by atoms with Crippen LogP contribution in [0.4, 0.5) is 17.2 Å². The van der Waals surface area contributed by atoms with Gasteiger partial charge < -0.3 is 19.9 Å². The van der Waals surface area contributed by atoms with Crippen LogP contribution in [0.5, 0.6) is 11.5 Å². The van der Waals surface area contributed by atoms with Crippen LogP contribution in [-0.4, -0.2) is 87.0 Å². The van der Waals surface area contributed by atoms with Crippen molar-refractivity contribution in [3.63, 3.8) is 0 Å². The summed E-state index contributed by atoms with van der Waals surface area (Å²) in [7, 11) is -5.43. The first-order valence-electron chi connectivity index (χ1n) is 23.4. The van der Waals surface area contributed by atoms with Gasteiger partial charge in [-0.3, -0.25) is 24.0 Å². The fourth-order valence-electron chi connectivity index (χ4n) is 10.9. The van der Waals surface area contributed by atoms with Crippen molar-refractivity contribution in [2.75, 3.05) is 47.9 Å². The van der Waals surface area contributed by atoms with Crippen LogP contribution >= 0.6 is 0 Å². The van der Waals surface area contributed by atoms with Gasteiger partial charge in [-0.1, -0.05) is 38.1 Å². The highest BCUT2D eigenvalue weighted by atomic mass is 32.2. The second-order valence-electron chi connectivity index (χ2n) is 20.1. The molecule has 5 fully saturated rings. The number of hydrogen-bond donors (Lipinski definition) is 3. The van der Waals surface area contributed by atoms with Gasteiger partial charge in [0.05, 0.1) is 22.9 Å². The van der Waals surface area contributed by atoms with E-state index in [1.807, 2.05) is 6.07 Å². The predicted octanol–water partition coefficient (Wildman–Crippen LogP) is 8.84. The molecule has 5 aromatic rings. The Bertz CT molecular complexity index is 2780. The smallest absolute Gasteiger partial charge is 0.312 e. The van der Waals surface area contributed by atoms with Gasteiger partial charge in [-0.2, -0.15) is 0 Å². The Kier molecular flexibility index (Phi) is 11.9. The normalized spacial score (nSPS) is 22.5. The maximum atomic E-state index is 14.0. The molecule has 2 atom stereocenters. The second-order valence-corrected chi connectivity index (χ2v) is 23.4. The summed E-state index contributed by atoms with van der Waals surface area (Å²) in [6, 6.07) is 19.2. The molecule has 3 saturated carbocycles. The third kappa shape index (κ3) is 9.30. The molecule has 3 aromatic heterocycles. The van der Waals surface area contributed by atoms with Gasteiger partial charge in [0.1, 0.15) is 22.0 Å². The van der Waals surface area contributed by atoms with Gasteiger partial charge in [-0.15, -0.1) is 0 Å². The minimum atomic E-state index is -4.61. The highest BCUT2D eigenvalue weighted by Gasteiger charge is 2.50. The number of nitrogens with one attached hydrogen (secondary N) is 3. The van der Waals surface area contributed by atoms with Crippen LogP contribution in [0.15, 0.2) is 84.1 Å². The van der Waals surface area contributed by atoms with Gasteiger partial charge >= 0.3 is 5.69 Å². The minimum absolute atomic E-state index is 0.0186. The average molecular weight is 935 g/mol. The SMILES string of the molecule is CC1(C)CCC(CNc2ncc(S(=O)(=O)NC(=O)c3ccc(N4CCC5(CC4)CC(N4CCS(=O)C[C@H]4c4ccccc4C4CC4)C5)cc3Oc3cnc4[nH]ccc4c3)cc2[N+](=O)[O-])CC1. The number of pyridine rings is 2. The molecule has 2 saturated heterocycles. The molecule has 2 aromatic carbocycles. The molecule has 348 valence electrons. The molecule has 10 rings (SSSR count). The van der Waals surface area contributed by atoms with Crippen molar-refractivity contribution in [3.05, 3.63) is 106 Å². The van der Waals surface area contributed by atoms with E-state index in [2.05, 4.69) is 72.9 Å². The summed E-state index contributed by atoms with van der Waals surface area (Å²) >= 11 is 0. The summed E-state index contributed by atoms with van der Waals surface area (Å²) < 4.78 is 48.9. The number of piperidine rings is 1. The maximum Gasteiger partial charge on any atom is 0.312 e. The van der Waals surface area contributed by atoms with Gasteiger partial charge in [0, 0.05) is 90.0 Å². The lowest BCUT2D eigenvalue weighted by atomic mass is 9.59. The molecule has 3 aliphatic carbocycles. The number of fused-ring (bicyclic) bond motifs is 1. The molecule has 2 aliphatic heterocycles. The molecule has 0 bridgehead atoms. The molecular formula is C49H58N8O7S2. The van der Waals surface area contributed by atoms with Crippen molar-refractivity contribution >= 4 is 55.0 Å². The minimum Gasteiger partial charge on any atom is -0.455 e. The Hall–Kier alpha value is -5.39. The summed E-state index contributed by atoms with van der Waals surface area (Å²) in [4.78, 5) is 41.6. The molecule has 1 spiro atoms. The lowest BCUT2D eigenvalue weighted by Gasteiger charge is -2.57. The van der Waals surface area contributed by atoms with Crippen LogP contribution in [0.2, 0.25) is 0 Å². The number of carbonyl (C=O) groups is 1. The number of hydrogen-bond acceptors (Lipinski definition) is 12. The lowest BCUT2D eigenvalue weighted by Crippen LogP contribution is -2.58. The summed E-state index contributed by atoms with van der Waals surface area (Å²) in [6.45, 7) is 7.43. The van der Waals surface area contributed by atoms with E-state index < -0.39 is 42.2 Å². The number of rotatable bonds is 13. The first-order valence-corrected chi connectivity index (χ1v) is 26.3. The Balaban J connectivity index is 0.837. The predicted molar refractivity (Wildman–Crippen MR) is 255 cm³/mol. The maximum absolute atomic E-state index is 14.0. The molecular weight excluding hydrogens is 877 g/mol. The summed E-state index contributed by atoms with van der Waals surface area (Å²) in [5, 5.41) is 16.0. The molecule has 17 heteroatoms. The van der Waals surface area contributed by atoms with Crippen LogP contribution in [0.25, 0.3) is 11.0 Å². The van der Waals surface area contributed by atoms with E-state index in [9.17, 15) is 27.5 Å². The summed E-state index contributed by atoms with van der Waals surface area (Å²) in [6.07, 6.45) is 15.1. The third-order valence-electron chi connectivity index (χ3n) is 15.1. The first kappa shape index (κ1) is 44.4. The highest BCUT2D eigenvalue weighted by molar-refractivity contribution is 7.90. The molecule has 1 amide bonds. The Morgan fingerprint density at radius 1 is 0.955 bits per heavy atom. The fraction of sp³-hybridized carbons (Fsp3) is 0.490. The van der Waals surface area contributed by atoms with Crippen molar-refractivity contribution in [2.24, 2.45) is 16.7 Å². The number of benzene rings is 2. The van der Waals surface area contributed by atoms with E-state index in [-0.39, 0.29) is 34.0 Å². The number of aromatic nitrogens is 3. The van der Waals surface area contributed by atoms with Crippen LogP contribution in [0.1, 0.15) is 112 Å². The standard InChI is InChI=1S/C49H58N8O7S2/c1-48(2)14-11-32(12-15-48)28-51-46-42(57(59)60)25-38(30-53-46)66(62,63)54-47(58)41-10-9-35(24-44(41)64-37-23-34-13-18-50-45(34)52-29-37)55-19-16-49(17-20-55)26-36(27-49)56-21-22-65(61)31-43(56)40-6-4-3-5-39(40)33-7-8-33/h3-6,9-10,13,18,23-25,29-30,32-33,36,43H,7-8,11-12,14-17,19-22,26-28,31H2,1-2H3,(H,50,52)(H,51,53)(H,54,58)/t43-,65?/m0/s1. The van der Waals surface area contributed by atoms with Crippen LogP contribution < -0.4 is 19.7 Å².